The van der Waals surface area contributed by atoms with Crippen LogP contribution in [0.4, 0.5) is 0 Å². The standard InChI is InChI=1S/C12H12N2/c1-14-10-12-8-3-2-6-11(12)7-4-5-9-13/h2-4,6-8H,1,5,10H2/b7-4-. The molecule has 0 fully saturated rings. The minimum atomic E-state index is 0.440. The Morgan fingerprint density at radius 1 is 1.43 bits per heavy atom. The predicted octanol–water partition coefficient (Wildman–Crippen LogP) is 2.81. The number of benzene rings is 1. The molecule has 0 aliphatic carbocycles. The van der Waals surface area contributed by atoms with E-state index in [0.717, 1.165) is 11.1 Å². The largest absolute Gasteiger partial charge is 0.296 e. The SMILES string of the molecule is C=NCc1ccccc1/C=C\CC#N. The van der Waals surface area contributed by atoms with E-state index in [-0.39, 0.29) is 0 Å². The van der Waals surface area contributed by atoms with Gasteiger partial charge >= 0.3 is 0 Å². The van der Waals surface area contributed by atoms with Gasteiger partial charge in [0, 0.05) is 0 Å². The number of nitriles is 1. The fourth-order valence-electron chi connectivity index (χ4n) is 1.20. The molecule has 1 rings (SSSR count). The molecule has 1 aromatic rings. The Balaban J connectivity index is 2.84. The maximum atomic E-state index is 8.39. The summed E-state index contributed by atoms with van der Waals surface area (Å²) in [5.74, 6) is 0. The summed E-state index contributed by atoms with van der Waals surface area (Å²) in [6.45, 7) is 4.09. The summed E-state index contributed by atoms with van der Waals surface area (Å²) in [5.41, 5.74) is 2.24. The monoisotopic (exact) mass is 184 g/mol. The Labute approximate surface area is 84.2 Å². The van der Waals surface area contributed by atoms with Gasteiger partial charge in [0.15, 0.2) is 0 Å². The number of nitrogens with zero attached hydrogens (tertiary/aromatic N) is 2. The minimum absolute atomic E-state index is 0.440. The quantitative estimate of drug-likeness (QED) is 0.663. The van der Waals surface area contributed by atoms with Crippen LogP contribution in [-0.4, -0.2) is 6.72 Å². The first-order chi connectivity index (χ1) is 6.88. The van der Waals surface area contributed by atoms with Crippen LogP contribution in [0.25, 0.3) is 6.08 Å². The maximum Gasteiger partial charge on any atom is 0.0663 e. The van der Waals surface area contributed by atoms with Crippen molar-refractivity contribution >= 4 is 12.8 Å². The summed E-state index contributed by atoms with van der Waals surface area (Å²) >= 11 is 0. The summed E-state index contributed by atoms with van der Waals surface area (Å²) in [5, 5.41) is 8.39. The lowest BCUT2D eigenvalue weighted by atomic mass is 10.1. The maximum absolute atomic E-state index is 8.39. The first-order valence-electron chi connectivity index (χ1n) is 4.42. The topological polar surface area (TPSA) is 36.1 Å². The third-order valence-corrected chi connectivity index (χ3v) is 1.84. The van der Waals surface area contributed by atoms with Crippen LogP contribution in [0.1, 0.15) is 17.5 Å². The van der Waals surface area contributed by atoms with Crippen molar-refractivity contribution in [1.82, 2.24) is 0 Å². The molecule has 0 heterocycles. The van der Waals surface area contributed by atoms with Gasteiger partial charge < -0.3 is 0 Å². The van der Waals surface area contributed by atoms with Gasteiger partial charge in [0.05, 0.1) is 19.0 Å². The van der Waals surface area contributed by atoms with Gasteiger partial charge in [-0.05, 0) is 17.8 Å². The van der Waals surface area contributed by atoms with Crippen LogP contribution < -0.4 is 0 Å². The smallest absolute Gasteiger partial charge is 0.0663 e. The third-order valence-electron chi connectivity index (χ3n) is 1.84. The second-order valence-electron chi connectivity index (χ2n) is 2.85. The van der Waals surface area contributed by atoms with Crippen molar-refractivity contribution in [1.29, 1.82) is 5.26 Å². The van der Waals surface area contributed by atoms with Crippen molar-refractivity contribution in [2.75, 3.05) is 0 Å². The van der Waals surface area contributed by atoms with E-state index in [9.17, 15) is 0 Å². The third kappa shape index (κ3) is 2.87. The molecule has 0 aliphatic heterocycles. The van der Waals surface area contributed by atoms with E-state index < -0.39 is 0 Å². The van der Waals surface area contributed by atoms with Crippen molar-refractivity contribution in [2.45, 2.75) is 13.0 Å². The van der Waals surface area contributed by atoms with Crippen molar-refractivity contribution in [3.05, 3.63) is 41.5 Å². The normalized spacial score (nSPS) is 9.93. The zero-order chi connectivity index (χ0) is 10.2. The molecule has 0 atom stereocenters. The van der Waals surface area contributed by atoms with Gasteiger partial charge in [0.2, 0.25) is 0 Å². The molecule has 0 N–H and O–H groups in total. The lowest BCUT2D eigenvalue weighted by Gasteiger charge is -2.01. The predicted molar refractivity (Wildman–Crippen MR) is 59.0 cm³/mol. The molecule has 14 heavy (non-hydrogen) atoms. The molecule has 0 bridgehead atoms. The van der Waals surface area contributed by atoms with E-state index in [1.165, 1.54) is 0 Å². The molecule has 2 nitrogen and oxygen atoms in total. The van der Waals surface area contributed by atoms with E-state index in [1.54, 1.807) is 0 Å². The molecule has 0 radical (unpaired) electrons. The zero-order valence-corrected chi connectivity index (χ0v) is 7.98. The second kappa shape index (κ2) is 5.71. The molecule has 2 heteroatoms. The molecule has 0 saturated heterocycles. The molecule has 1 aromatic carbocycles. The van der Waals surface area contributed by atoms with E-state index in [1.807, 2.05) is 36.4 Å². The number of allylic oxidation sites excluding steroid dienone is 1. The van der Waals surface area contributed by atoms with E-state index in [4.69, 9.17) is 5.26 Å². The van der Waals surface area contributed by atoms with Crippen LogP contribution in [0, 0.1) is 11.3 Å². The highest BCUT2D eigenvalue weighted by molar-refractivity contribution is 5.54. The van der Waals surface area contributed by atoms with Gasteiger partial charge in [0.1, 0.15) is 0 Å². The highest BCUT2D eigenvalue weighted by atomic mass is 14.7. The molecule has 0 saturated carbocycles. The van der Waals surface area contributed by atoms with Gasteiger partial charge in [-0.25, -0.2) is 0 Å². The first-order valence-corrected chi connectivity index (χ1v) is 4.42. The summed E-state index contributed by atoms with van der Waals surface area (Å²) in [6.07, 6.45) is 4.24. The second-order valence-corrected chi connectivity index (χ2v) is 2.85. The summed E-state index contributed by atoms with van der Waals surface area (Å²) < 4.78 is 0. The number of hydrogen-bond donors (Lipinski definition) is 0. The van der Waals surface area contributed by atoms with Gasteiger partial charge in [-0.2, -0.15) is 5.26 Å². The van der Waals surface area contributed by atoms with Crippen LogP contribution in [0.5, 0.6) is 0 Å². The van der Waals surface area contributed by atoms with Crippen LogP contribution in [0.15, 0.2) is 35.3 Å². The van der Waals surface area contributed by atoms with Gasteiger partial charge in [-0.3, -0.25) is 4.99 Å². The van der Waals surface area contributed by atoms with E-state index in [0.29, 0.717) is 13.0 Å². The van der Waals surface area contributed by atoms with E-state index in [2.05, 4.69) is 17.8 Å². The highest BCUT2D eigenvalue weighted by Gasteiger charge is 1.95. The van der Waals surface area contributed by atoms with Gasteiger partial charge in [0.25, 0.3) is 0 Å². The van der Waals surface area contributed by atoms with Gasteiger partial charge in [-0.1, -0.05) is 36.4 Å². The van der Waals surface area contributed by atoms with Crippen LogP contribution in [0.3, 0.4) is 0 Å². The average Bonchev–Trinajstić information content (AvgIpc) is 2.21. The summed E-state index contributed by atoms with van der Waals surface area (Å²) in [4.78, 5) is 3.85. The molecular weight excluding hydrogens is 172 g/mol. The molecule has 0 spiro atoms. The van der Waals surface area contributed by atoms with Crippen molar-refractivity contribution in [3.8, 4) is 6.07 Å². The average molecular weight is 184 g/mol. The zero-order valence-electron chi connectivity index (χ0n) is 7.98. The Morgan fingerprint density at radius 2 is 2.21 bits per heavy atom. The number of rotatable bonds is 4. The summed E-state index contributed by atoms with van der Waals surface area (Å²) in [7, 11) is 0. The molecule has 0 aliphatic rings. The Morgan fingerprint density at radius 3 is 2.93 bits per heavy atom. The number of hydrogen-bond acceptors (Lipinski definition) is 2. The fourth-order valence-corrected chi connectivity index (χ4v) is 1.20. The van der Waals surface area contributed by atoms with Crippen molar-refractivity contribution < 1.29 is 0 Å². The van der Waals surface area contributed by atoms with Crippen LogP contribution in [0.2, 0.25) is 0 Å². The van der Waals surface area contributed by atoms with Crippen LogP contribution in [-0.2, 0) is 6.54 Å². The fraction of sp³-hybridized carbons (Fsp3) is 0.167. The van der Waals surface area contributed by atoms with E-state index >= 15 is 0 Å². The minimum Gasteiger partial charge on any atom is -0.296 e. The molecule has 0 unspecified atom stereocenters. The first kappa shape index (κ1) is 10.2. The summed E-state index contributed by atoms with van der Waals surface area (Å²) in [6, 6.07) is 10.0. The Kier molecular flexibility index (Phi) is 4.16. The molecule has 0 aromatic heterocycles. The van der Waals surface area contributed by atoms with Gasteiger partial charge in [-0.15, -0.1) is 0 Å². The Hall–Kier alpha value is -1.88. The molecular formula is C12H12N2. The highest BCUT2D eigenvalue weighted by Crippen LogP contribution is 2.11. The molecule has 70 valence electrons. The number of aliphatic imine (C=N–C) groups is 1. The Bertz CT molecular complexity index is 372. The lowest BCUT2D eigenvalue weighted by molar-refractivity contribution is 1.08. The lowest BCUT2D eigenvalue weighted by Crippen LogP contribution is -1.85. The van der Waals surface area contributed by atoms with Crippen molar-refractivity contribution in [2.24, 2.45) is 4.99 Å². The molecule has 0 amide bonds. The van der Waals surface area contributed by atoms with Crippen molar-refractivity contribution in [3.63, 3.8) is 0 Å². The van der Waals surface area contributed by atoms with Crippen LogP contribution >= 0.6 is 0 Å².